The van der Waals surface area contributed by atoms with Crippen LogP contribution in [0, 0.1) is 19.3 Å². The molecular formula is C13H14BrNO4S. The van der Waals surface area contributed by atoms with Gasteiger partial charge < -0.3 is 5.11 Å². The van der Waals surface area contributed by atoms with Crippen LogP contribution in [-0.4, -0.2) is 25.5 Å². The lowest BCUT2D eigenvalue weighted by molar-refractivity contribution is 0.0695. The molecule has 0 fully saturated rings. The molecule has 5 nitrogen and oxygen atoms in total. The molecule has 0 saturated heterocycles. The summed E-state index contributed by atoms with van der Waals surface area (Å²) in [6, 6.07) is 1.84. The van der Waals surface area contributed by atoms with Crippen LogP contribution >= 0.6 is 15.9 Å². The molecule has 0 heterocycles. The number of benzene rings is 1. The Bertz CT molecular complexity index is 676. The van der Waals surface area contributed by atoms with Gasteiger partial charge in [-0.15, -0.1) is 6.42 Å². The minimum absolute atomic E-state index is 0.0755. The maximum Gasteiger partial charge on any atom is 0.336 e. The van der Waals surface area contributed by atoms with Gasteiger partial charge >= 0.3 is 5.97 Å². The molecule has 0 spiro atoms. The number of carboxylic acid groups (broad SMARTS) is 1. The smallest absolute Gasteiger partial charge is 0.336 e. The maximum absolute atomic E-state index is 12.2. The Hall–Kier alpha value is -1.36. The van der Waals surface area contributed by atoms with Crippen LogP contribution in [0.1, 0.15) is 29.3 Å². The molecule has 1 atom stereocenters. The van der Waals surface area contributed by atoms with Crippen molar-refractivity contribution in [2.24, 2.45) is 0 Å². The summed E-state index contributed by atoms with van der Waals surface area (Å²) in [5, 5.41) is 9.09. The van der Waals surface area contributed by atoms with Gasteiger partial charge in [0.25, 0.3) is 0 Å². The summed E-state index contributed by atoms with van der Waals surface area (Å²) < 4.78 is 27.1. The van der Waals surface area contributed by atoms with Gasteiger partial charge in [-0.3, -0.25) is 0 Å². The summed E-state index contributed by atoms with van der Waals surface area (Å²) in [5.74, 6) is 1.13. The molecule has 0 bridgehead atoms. The second kappa shape index (κ2) is 6.39. The number of aromatic carboxylic acids is 1. The highest BCUT2D eigenvalue weighted by atomic mass is 79.9. The Morgan fingerprint density at radius 1 is 1.55 bits per heavy atom. The normalized spacial score (nSPS) is 12.7. The number of hydrogen-bond acceptors (Lipinski definition) is 3. The van der Waals surface area contributed by atoms with Crippen molar-refractivity contribution in [3.8, 4) is 12.3 Å². The summed E-state index contributed by atoms with van der Waals surface area (Å²) in [6.07, 6.45) is 5.66. The molecule has 20 heavy (non-hydrogen) atoms. The fourth-order valence-corrected chi connectivity index (χ4v) is 3.42. The Morgan fingerprint density at radius 2 is 2.15 bits per heavy atom. The summed E-state index contributed by atoms with van der Waals surface area (Å²) >= 11 is 3.16. The van der Waals surface area contributed by atoms with Gasteiger partial charge in [0.1, 0.15) is 0 Å². The highest BCUT2D eigenvalue weighted by Crippen LogP contribution is 2.25. The zero-order chi connectivity index (χ0) is 15.5. The third-order valence-corrected chi connectivity index (χ3v) is 5.04. The van der Waals surface area contributed by atoms with E-state index in [1.54, 1.807) is 13.8 Å². The van der Waals surface area contributed by atoms with Gasteiger partial charge in [0.2, 0.25) is 10.0 Å². The van der Waals surface area contributed by atoms with Crippen molar-refractivity contribution in [3.63, 3.8) is 0 Å². The predicted octanol–water partition coefficient (Wildman–Crippen LogP) is 2.15. The van der Waals surface area contributed by atoms with E-state index in [0.717, 1.165) is 6.07 Å². The van der Waals surface area contributed by atoms with Crippen LogP contribution in [0.2, 0.25) is 0 Å². The first-order valence-corrected chi connectivity index (χ1v) is 8.02. The Balaban J connectivity index is 3.34. The van der Waals surface area contributed by atoms with Crippen LogP contribution in [0.4, 0.5) is 0 Å². The first-order valence-electron chi connectivity index (χ1n) is 5.74. The van der Waals surface area contributed by atoms with Gasteiger partial charge in [-0.05, 0) is 31.0 Å². The van der Waals surface area contributed by atoms with E-state index in [-0.39, 0.29) is 10.5 Å². The topological polar surface area (TPSA) is 83.5 Å². The lowest BCUT2D eigenvalue weighted by atomic mass is 10.1. The summed E-state index contributed by atoms with van der Waals surface area (Å²) in [6.45, 7) is 3.34. The van der Waals surface area contributed by atoms with Gasteiger partial charge in [-0.25, -0.2) is 13.2 Å². The van der Waals surface area contributed by atoms with Crippen LogP contribution in [0.3, 0.4) is 0 Å². The van der Waals surface area contributed by atoms with Crippen molar-refractivity contribution in [3.05, 3.63) is 27.7 Å². The van der Waals surface area contributed by atoms with E-state index in [1.807, 2.05) is 0 Å². The van der Waals surface area contributed by atoms with E-state index < -0.39 is 22.0 Å². The molecule has 0 saturated carbocycles. The van der Waals surface area contributed by atoms with E-state index >= 15 is 0 Å². The first-order chi connectivity index (χ1) is 9.22. The molecule has 1 aromatic rings. The number of halogens is 1. The molecule has 1 rings (SSSR count). The molecule has 108 valence electrons. The largest absolute Gasteiger partial charge is 0.478 e. The Labute approximate surface area is 126 Å². The van der Waals surface area contributed by atoms with E-state index in [0.29, 0.717) is 16.5 Å². The van der Waals surface area contributed by atoms with Crippen LogP contribution in [0.25, 0.3) is 0 Å². The number of sulfonamides is 1. The van der Waals surface area contributed by atoms with E-state index in [1.165, 1.54) is 6.07 Å². The van der Waals surface area contributed by atoms with Gasteiger partial charge in [0.05, 0.1) is 16.5 Å². The minimum atomic E-state index is -3.86. The van der Waals surface area contributed by atoms with Crippen molar-refractivity contribution >= 4 is 31.9 Å². The number of rotatable bonds is 5. The average Bonchev–Trinajstić information content (AvgIpc) is 2.38. The maximum atomic E-state index is 12.2. The molecule has 0 aliphatic rings. The van der Waals surface area contributed by atoms with Gasteiger partial charge in [0.15, 0.2) is 0 Å². The molecule has 0 aromatic heterocycles. The third-order valence-electron chi connectivity index (χ3n) is 2.77. The number of carboxylic acids is 1. The highest BCUT2D eigenvalue weighted by molar-refractivity contribution is 9.10. The molecule has 7 heteroatoms. The molecular weight excluding hydrogens is 346 g/mol. The molecule has 2 N–H and O–H groups in total. The van der Waals surface area contributed by atoms with Crippen LogP contribution in [0.5, 0.6) is 0 Å². The van der Waals surface area contributed by atoms with Crippen LogP contribution < -0.4 is 4.72 Å². The van der Waals surface area contributed by atoms with Crippen LogP contribution in [-0.2, 0) is 10.0 Å². The Morgan fingerprint density at radius 3 is 2.60 bits per heavy atom. The molecule has 0 amide bonds. The van der Waals surface area contributed by atoms with Crippen molar-refractivity contribution in [2.75, 3.05) is 0 Å². The van der Waals surface area contributed by atoms with Crippen molar-refractivity contribution < 1.29 is 18.3 Å². The monoisotopic (exact) mass is 359 g/mol. The summed E-state index contributed by atoms with van der Waals surface area (Å²) in [4.78, 5) is 11.0. The van der Waals surface area contributed by atoms with Gasteiger partial charge in [0, 0.05) is 4.47 Å². The fraction of sp³-hybridized carbons (Fsp3) is 0.308. The van der Waals surface area contributed by atoms with E-state index in [2.05, 4.69) is 26.6 Å². The van der Waals surface area contributed by atoms with Gasteiger partial charge in [-0.2, -0.15) is 4.72 Å². The summed E-state index contributed by atoms with van der Waals surface area (Å²) in [5.41, 5.74) is 0.383. The van der Waals surface area contributed by atoms with E-state index in [9.17, 15) is 13.2 Å². The summed E-state index contributed by atoms with van der Waals surface area (Å²) in [7, 11) is -3.86. The molecule has 1 aromatic carbocycles. The van der Waals surface area contributed by atoms with E-state index in [4.69, 9.17) is 11.5 Å². The molecule has 0 aliphatic heterocycles. The minimum Gasteiger partial charge on any atom is -0.478 e. The zero-order valence-electron chi connectivity index (χ0n) is 11.0. The van der Waals surface area contributed by atoms with Crippen molar-refractivity contribution in [2.45, 2.75) is 31.2 Å². The molecule has 0 aliphatic carbocycles. The van der Waals surface area contributed by atoms with Crippen LogP contribution in [0.15, 0.2) is 21.5 Å². The number of hydrogen-bond donors (Lipinski definition) is 2. The van der Waals surface area contributed by atoms with Gasteiger partial charge in [-0.1, -0.05) is 28.8 Å². The first kappa shape index (κ1) is 16.7. The third kappa shape index (κ3) is 3.60. The molecule has 0 radical (unpaired) electrons. The fourth-order valence-electron chi connectivity index (χ4n) is 1.52. The SMILES string of the molecule is C#CC(CC)NS(=O)(=O)c1cc(Br)c(C)c(C(=O)O)c1. The quantitative estimate of drug-likeness (QED) is 0.789. The Kier molecular flexibility index (Phi) is 5.34. The number of terminal acetylenes is 1. The van der Waals surface area contributed by atoms with Crippen molar-refractivity contribution in [1.29, 1.82) is 0 Å². The lowest BCUT2D eigenvalue weighted by Crippen LogP contribution is -2.33. The second-order valence-corrected chi connectivity index (χ2v) is 6.70. The second-order valence-electron chi connectivity index (χ2n) is 4.13. The number of carbonyl (C=O) groups is 1. The van der Waals surface area contributed by atoms with Crippen molar-refractivity contribution in [1.82, 2.24) is 4.72 Å². The average molecular weight is 360 g/mol. The zero-order valence-corrected chi connectivity index (χ0v) is 13.4. The lowest BCUT2D eigenvalue weighted by Gasteiger charge is -2.13. The molecule has 1 unspecified atom stereocenters. The number of nitrogens with one attached hydrogen (secondary N) is 1. The standard InChI is InChI=1S/C13H14BrNO4S/c1-4-9(5-2)15-20(18,19)10-6-11(13(16)17)8(3)12(14)7-10/h1,6-7,9,15H,5H2,2-3H3,(H,16,17). The predicted molar refractivity (Wildman–Crippen MR) is 79.1 cm³/mol. The highest BCUT2D eigenvalue weighted by Gasteiger charge is 2.21.